The molecule has 0 radical (unpaired) electrons. The normalized spacial score (nSPS) is 19.8. The van der Waals surface area contributed by atoms with E-state index >= 15 is 0 Å². The van der Waals surface area contributed by atoms with E-state index in [0.717, 1.165) is 0 Å². The van der Waals surface area contributed by atoms with E-state index in [-0.39, 0.29) is 11.5 Å². The molecule has 16 heteroatoms. The van der Waals surface area contributed by atoms with Crippen molar-refractivity contribution in [3.63, 3.8) is 0 Å². The molecule has 3 aromatic rings. The second-order valence-corrected chi connectivity index (χ2v) is 12.0. The van der Waals surface area contributed by atoms with Gasteiger partial charge in [-0.1, -0.05) is 18.2 Å². The minimum absolute atomic E-state index is 0.140. The Bertz CT molecular complexity index is 1570. The fourth-order valence-electron chi connectivity index (χ4n) is 4.32. The van der Waals surface area contributed by atoms with Crippen molar-refractivity contribution in [1.29, 1.82) is 0 Å². The van der Waals surface area contributed by atoms with E-state index in [1.807, 2.05) is 6.92 Å². The lowest BCUT2D eigenvalue weighted by Crippen LogP contribution is -2.33. The average molecular weight is 584 g/mol. The van der Waals surface area contributed by atoms with Gasteiger partial charge >= 0.3 is 29.9 Å². The molecule has 2 aliphatic rings. The van der Waals surface area contributed by atoms with Crippen molar-refractivity contribution in [3.05, 3.63) is 82.9 Å². The molecule has 3 N–H and O–H groups in total. The summed E-state index contributed by atoms with van der Waals surface area (Å²) in [7, 11) is -14.7. The predicted molar refractivity (Wildman–Crippen MR) is 130 cm³/mol. The quantitative estimate of drug-likeness (QED) is 0.246. The van der Waals surface area contributed by atoms with Gasteiger partial charge in [0.05, 0.1) is 12.2 Å². The number of hydrogen-bond donors (Lipinski definition) is 3. The van der Waals surface area contributed by atoms with E-state index in [1.54, 1.807) is 42.5 Å². The molecule has 1 spiro atoms. The molecule has 0 saturated heterocycles. The molecule has 2 heterocycles. The van der Waals surface area contributed by atoms with Crippen LogP contribution in [-0.4, -0.2) is 27.3 Å². The molecule has 13 nitrogen and oxygen atoms in total. The second kappa shape index (κ2) is 9.64. The molecule has 38 heavy (non-hydrogen) atoms. The van der Waals surface area contributed by atoms with E-state index in [4.69, 9.17) is 28.5 Å². The zero-order valence-electron chi connectivity index (χ0n) is 19.3. The summed E-state index contributed by atoms with van der Waals surface area (Å²) in [6.07, 6.45) is 0. The minimum atomic E-state index is -5.42. The van der Waals surface area contributed by atoms with E-state index < -0.39 is 35.5 Å². The second-order valence-electron chi connectivity index (χ2n) is 7.95. The standard InChI is InChI=1S/C22H19O13P3/c1-2-30-13-7-9-17-19(11-13)31-20-12-14(33-36(24)34-38(28,29)35-37(25,26)27)8-10-18(20)22(17)16-6-4-3-5-15(16)21(23)32-22/h3-12,36H,2H2,1H3,(H,28,29)(H2,25,26,27). The molecule has 0 aliphatic carbocycles. The third kappa shape index (κ3) is 4.91. The molecule has 5 rings (SSSR count). The number of hydrogen-bond acceptors (Lipinski definition) is 10. The summed E-state index contributed by atoms with van der Waals surface area (Å²) < 4.78 is 65.2. The number of rotatable bonds is 8. The van der Waals surface area contributed by atoms with Crippen LogP contribution >= 0.6 is 23.9 Å². The number of carbonyl (C=O) groups is 1. The number of fused-ring (bicyclic) bond motifs is 6. The fraction of sp³-hybridized carbons (Fsp3) is 0.136. The third-order valence-electron chi connectivity index (χ3n) is 5.57. The molecule has 200 valence electrons. The van der Waals surface area contributed by atoms with Crippen LogP contribution in [-0.2, 0) is 32.7 Å². The topological polar surface area (TPSA) is 184 Å². The molecule has 0 saturated carbocycles. The Morgan fingerprint density at radius 1 is 0.921 bits per heavy atom. The van der Waals surface area contributed by atoms with Gasteiger partial charge in [-0.15, -0.1) is 0 Å². The molecule has 3 atom stereocenters. The smallest absolute Gasteiger partial charge is 0.488 e. The first-order valence-corrected chi connectivity index (χ1v) is 15.1. The predicted octanol–water partition coefficient (Wildman–Crippen LogP) is 4.65. The van der Waals surface area contributed by atoms with Crippen LogP contribution in [0.1, 0.15) is 34.0 Å². The van der Waals surface area contributed by atoms with Crippen molar-refractivity contribution in [2.24, 2.45) is 0 Å². The molecular weight excluding hydrogens is 565 g/mol. The summed E-state index contributed by atoms with van der Waals surface area (Å²) in [5, 5.41) is 0. The third-order valence-corrected chi connectivity index (χ3v) is 9.17. The summed E-state index contributed by atoms with van der Waals surface area (Å²) >= 11 is 0. The maximum Gasteiger partial charge on any atom is 0.488 e. The highest BCUT2D eigenvalue weighted by Crippen LogP contribution is 2.62. The van der Waals surface area contributed by atoms with Crippen LogP contribution in [0.2, 0.25) is 0 Å². The first-order valence-electron chi connectivity index (χ1n) is 10.9. The van der Waals surface area contributed by atoms with Crippen LogP contribution in [0.15, 0.2) is 60.7 Å². The molecule has 3 aromatic carbocycles. The van der Waals surface area contributed by atoms with Gasteiger partial charge in [0.2, 0.25) is 0 Å². The fourth-order valence-corrected chi connectivity index (χ4v) is 7.05. The Morgan fingerprint density at radius 2 is 1.55 bits per heavy atom. The summed E-state index contributed by atoms with van der Waals surface area (Å²) in [5.74, 6) is 0.249. The van der Waals surface area contributed by atoms with Gasteiger partial charge in [0.25, 0.3) is 0 Å². The lowest BCUT2D eigenvalue weighted by molar-refractivity contribution is 0.0224. The van der Waals surface area contributed by atoms with Crippen LogP contribution in [0.4, 0.5) is 0 Å². The lowest BCUT2D eigenvalue weighted by atomic mass is 9.77. The van der Waals surface area contributed by atoms with Crippen molar-refractivity contribution in [2.45, 2.75) is 12.5 Å². The number of carbonyl (C=O) groups excluding carboxylic acids is 1. The van der Waals surface area contributed by atoms with Gasteiger partial charge in [-0.25, -0.2) is 18.5 Å². The van der Waals surface area contributed by atoms with E-state index in [9.17, 15) is 23.4 Å². The lowest BCUT2D eigenvalue weighted by Gasteiger charge is -2.36. The zero-order chi connectivity index (χ0) is 27.3. The molecule has 3 unspecified atom stereocenters. The van der Waals surface area contributed by atoms with Crippen molar-refractivity contribution >= 4 is 29.9 Å². The molecule has 0 fully saturated rings. The Kier molecular flexibility index (Phi) is 6.76. The van der Waals surface area contributed by atoms with Crippen molar-refractivity contribution < 1.29 is 60.5 Å². The molecule has 0 aromatic heterocycles. The van der Waals surface area contributed by atoms with Gasteiger partial charge in [0, 0.05) is 28.8 Å². The number of esters is 1. The molecule has 2 aliphatic heterocycles. The van der Waals surface area contributed by atoms with E-state index in [0.29, 0.717) is 40.4 Å². The van der Waals surface area contributed by atoms with Crippen LogP contribution in [0.5, 0.6) is 23.0 Å². The highest BCUT2D eigenvalue weighted by atomic mass is 31.3. The van der Waals surface area contributed by atoms with Crippen molar-refractivity contribution in [1.82, 2.24) is 0 Å². The Hall–Kier alpha value is -2.98. The summed E-state index contributed by atoms with van der Waals surface area (Å²) in [6, 6.07) is 16.1. The Morgan fingerprint density at radius 3 is 2.21 bits per heavy atom. The molecular formula is C22H19O13P3. The first-order chi connectivity index (χ1) is 17.9. The monoisotopic (exact) mass is 584 g/mol. The maximum atomic E-state index is 12.9. The highest BCUT2D eigenvalue weighted by molar-refractivity contribution is 7.64. The minimum Gasteiger partial charge on any atom is -0.494 e. The van der Waals surface area contributed by atoms with Gasteiger partial charge in [-0.2, -0.15) is 8.62 Å². The number of phosphoric acid groups is 2. The van der Waals surface area contributed by atoms with Crippen molar-refractivity contribution in [2.75, 3.05) is 6.61 Å². The van der Waals surface area contributed by atoms with E-state index in [2.05, 4.69) is 8.62 Å². The Balaban J connectivity index is 1.55. The van der Waals surface area contributed by atoms with Crippen molar-refractivity contribution in [3.8, 4) is 23.0 Å². The maximum absolute atomic E-state index is 12.9. The average Bonchev–Trinajstić information content (AvgIpc) is 3.10. The zero-order valence-corrected chi connectivity index (χ0v) is 22.1. The summed E-state index contributed by atoms with van der Waals surface area (Å²) in [4.78, 5) is 39.7. The van der Waals surface area contributed by atoms with Crippen LogP contribution in [0.3, 0.4) is 0 Å². The summed E-state index contributed by atoms with van der Waals surface area (Å²) in [5.41, 5.74) is 0.495. The molecule has 0 amide bonds. The highest BCUT2D eigenvalue weighted by Gasteiger charge is 2.53. The number of benzene rings is 3. The summed E-state index contributed by atoms with van der Waals surface area (Å²) in [6.45, 7) is 2.21. The molecule has 0 bridgehead atoms. The van der Waals surface area contributed by atoms with Gasteiger partial charge in [-0.3, -0.25) is 0 Å². The van der Waals surface area contributed by atoms with Crippen LogP contribution < -0.4 is 14.0 Å². The van der Waals surface area contributed by atoms with Crippen LogP contribution in [0.25, 0.3) is 0 Å². The first kappa shape index (κ1) is 26.6. The number of ether oxygens (including phenoxy) is 3. The van der Waals surface area contributed by atoms with Gasteiger partial charge in [-0.05, 0) is 37.3 Å². The Labute approximate surface area is 215 Å². The van der Waals surface area contributed by atoms with Gasteiger partial charge < -0.3 is 33.4 Å². The SMILES string of the molecule is CCOc1ccc2c(c1)Oc1cc(O[PH](=O)OP(=O)(O)OP(=O)(O)O)ccc1C21OC(=O)c2ccccc21. The van der Waals surface area contributed by atoms with Crippen LogP contribution in [0, 0.1) is 0 Å². The van der Waals surface area contributed by atoms with E-state index in [1.165, 1.54) is 18.2 Å². The van der Waals surface area contributed by atoms with Gasteiger partial charge in [0.15, 0.2) is 5.60 Å². The largest absolute Gasteiger partial charge is 0.494 e. The van der Waals surface area contributed by atoms with Gasteiger partial charge in [0.1, 0.15) is 23.0 Å².